The molecule has 0 aromatic heterocycles. The van der Waals surface area contributed by atoms with E-state index in [1.807, 2.05) is 26.0 Å². The van der Waals surface area contributed by atoms with Crippen LogP contribution in [0.4, 0.5) is 5.69 Å². The van der Waals surface area contributed by atoms with Gasteiger partial charge in [0.1, 0.15) is 11.5 Å². The molecular weight excluding hydrogens is 518 g/mol. The number of anilines is 1. The molecule has 0 bridgehead atoms. The molecule has 2 aromatic carbocycles. The summed E-state index contributed by atoms with van der Waals surface area (Å²) in [6.07, 6.45) is 0.370. The fraction of sp³-hybridized carbons (Fsp3) is 0.381. The molecule has 1 amide bonds. The van der Waals surface area contributed by atoms with E-state index >= 15 is 0 Å². The summed E-state index contributed by atoms with van der Waals surface area (Å²) in [6.45, 7) is 4.01. The van der Waals surface area contributed by atoms with Gasteiger partial charge >= 0.3 is 15.2 Å². The number of phenolic OH excluding ortho intramolecular Hbond substituents is 2. The van der Waals surface area contributed by atoms with Gasteiger partial charge in [-0.2, -0.15) is 0 Å². The minimum atomic E-state index is -5.26. The number of amides is 1. The first kappa shape index (κ1) is 34.8. The molecule has 0 aliphatic heterocycles. The van der Waals surface area contributed by atoms with Crippen molar-refractivity contribution in [3.8, 4) is 11.5 Å². The van der Waals surface area contributed by atoms with Crippen LogP contribution in [-0.2, 0) is 13.9 Å². The van der Waals surface area contributed by atoms with Gasteiger partial charge in [0.2, 0.25) is 5.91 Å². The van der Waals surface area contributed by atoms with Crippen molar-refractivity contribution in [2.24, 2.45) is 0 Å². The fourth-order valence-electron chi connectivity index (χ4n) is 3.91. The summed E-state index contributed by atoms with van der Waals surface area (Å²) in [5.74, 6) is -1.16. The van der Waals surface area contributed by atoms with Gasteiger partial charge in [0.15, 0.2) is 5.40 Å². The Hall–Kier alpha value is -0.190. The molecule has 2 atom stereocenters. The largest absolute Gasteiger partial charge is 0.508 e. The average Bonchev–Trinajstić information content (AvgIpc) is 2.71. The number of aromatic hydroxyl groups is 2. The third kappa shape index (κ3) is 9.89. The first-order valence-corrected chi connectivity index (χ1v) is 13.7. The van der Waals surface area contributed by atoms with Crippen LogP contribution in [0.15, 0.2) is 42.5 Å². The SMILES string of the molecule is CCC(c1ccc(O)cc1)C(CC)c1ccc(O)c(NC(=O)CC(P(=O)(O)O)P(=O)(O)O)c1.[Na].[Na]. The molecule has 2 unspecified atom stereocenters. The van der Waals surface area contributed by atoms with Gasteiger partial charge in [0.05, 0.1) is 12.1 Å². The van der Waals surface area contributed by atoms with Crippen LogP contribution in [0.5, 0.6) is 11.5 Å². The number of phenols is 2. The predicted molar refractivity (Wildman–Crippen MR) is 135 cm³/mol. The van der Waals surface area contributed by atoms with E-state index in [-0.39, 0.29) is 88.1 Å². The van der Waals surface area contributed by atoms with Crippen molar-refractivity contribution in [2.45, 2.75) is 50.3 Å². The van der Waals surface area contributed by atoms with E-state index in [4.69, 9.17) is 0 Å². The van der Waals surface area contributed by atoms with Crippen molar-refractivity contribution >= 4 is 85.9 Å². The summed E-state index contributed by atoms with van der Waals surface area (Å²) in [5.41, 5.74) is 1.76. The minimum Gasteiger partial charge on any atom is -0.508 e. The quantitative estimate of drug-likeness (QED) is 0.133. The normalized spacial score (nSPS) is 13.3. The molecule has 0 saturated heterocycles. The summed E-state index contributed by atoms with van der Waals surface area (Å²) in [5, 5.41) is 19.6. The third-order valence-corrected chi connectivity index (χ3v) is 9.28. The predicted octanol–water partition coefficient (Wildman–Crippen LogP) is 3.03. The second-order valence-electron chi connectivity index (χ2n) is 7.81. The van der Waals surface area contributed by atoms with Crippen molar-refractivity contribution in [3.05, 3.63) is 53.6 Å². The molecule has 0 aliphatic carbocycles. The van der Waals surface area contributed by atoms with Crippen LogP contribution in [0, 0.1) is 0 Å². The van der Waals surface area contributed by atoms with Crippen LogP contribution in [0.25, 0.3) is 0 Å². The Morgan fingerprint density at radius 1 is 0.829 bits per heavy atom. The van der Waals surface area contributed by atoms with E-state index in [1.165, 1.54) is 12.1 Å². The van der Waals surface area contributed by atoms with Gasteiger partial charge in [-0.1, -0.05) is 32.0 Å². The Balaban J connectivity index is 0.00000578. The maximum atomic E-state index is 12.3. The zero-order valence-electron chi connectivity index (χ0n) is 20.2. The maximum Gasteiger partial charge on any atom is 0.341 e. The van der Waals surface area contributed by atoms with Crippen molar-refractivity contribution in [1.82, 2.24) is 0 Å². The van der Waals surface area contributed by atoms with Gasteiger partial charge in [0.25, 0.3) is 0 Å². The molecule has 0 aliphatic rings. The molecule has 10 nitrogen and oxygen atoms in total. The summed E-state index contributed by atoms with van der Waals surface area (Å²) >= 11 is 0. The zero-order valence-corrected chi connectivity index (χ0v) is 26.0. The average molecular weight is 547 g/mol. The van der Waals surface area contributed by atoms with Crippen LogP contribution >= 0.6 is 15.2 Å². The van der Waals surface area contributed by atoms with Crippen molar-refractivity contribution < 1.29 is 43.7 Å². The van der Waals surface area contributed by atoms with Gasteiger partial charge < -0.3 is 35.1 Å². The summed E-state index contributed by atoms with van der Waals surface area (Å²) in [6, 6.07) is 11.5. The molecule has 0 fully saturated rings. The first-order chi connectivity index (χ1) is 15.3. The van der Waals surface area contributed by atoms with Crippen LogP contribution in [-0.4, -0.2) is 100 Å². The topological polar surface area (TPSA) is 185 Å². The third-order valence-electron chi connectivity index (χ3n) is 5.55. The van der Waals surface area contributed by atoms with Crippen LogP contribution in [0.3, 0.4) is 0 Å². The van der Waals surface area contributed by atoms with E-state index in [0.717, 1.165) is 24.0 Å². The second kappa shape index (κ2) is 14.7. The molecule has 184 valence electrons. The van der Waals surface area contributed by atoms with Crippen molar-refractivity contribution in [1.29, 1.82) is 0 Å². The van der Waals surface area contributed by atoms with Gasteiger partial charge in [-0.05, 0) is 60.1 Å². The number of carbonyl (C=O) groups is 1. The van der Waals surface area contributed by atoms with Gasteiger partial charge in [-0.15, -0.1) is 0 Å². The fourth-order valence-corrected chi connectivity index (χ4v) is 6.29. The Bertz CT molecular complexity index is 1050. The van der Waals surface area contributed by atoms with Crippen molar-refractivity contribution in [2.75, 3.05) is 5.32 Å². The monoisotopic (exact) mass is 547 g/mol. The summed E-state index contributed by atoms with van der Waals surface area (Å²) < 4.78 is 22.9. The van der Waals surface area contributed by atoms with Crippen LogP contribution in [0.1, 0.15) is 56.1 Å². The molecular formula is C21H29NNa2O9P2. The number of benzene rings is 2. The molecule has 0 heterocycles. The molecule has 2 rings (SSSR count). The van der Waals surface area contributed by atoms with E-state index in [1.54, 1.807) is 18.2 Å². The number of rotatable bonds is 10. The van der Waals surface area contributed by atoms with E-state index in [0.29, 0.717) is 0 Å². The standard InChI is InChI=1S/C21H29NO9P2.2Na/c1-3-16(13-5-8-15(23)9-6-13)17(4-2)14-7-10-19(24)18(11-14)22-20(25)12-21(32(26,27)28)33(29,30)31;;/h5-11,16-17,21,23-24H,3-4,12H2,1-2H3,(H,22,25)(H2,26,27,28)(H2,29,30,31);;. The molecule has 2 aromatic rings. The number of hydrogen-bond donors (Lipinski definition) is 7. The van der Waals surface area contributed by atoms with Gasteiger partial charge in [-0.3, -0.25) is 13.9 Å². The molecule has 14 heteroatoms. The molecule has 0 saturated carbocycles. The van der Waals surface area contributed by atoms with Gasteiger partial charge in [-0.25, -0.2) is 0 Å². The maximum absolute atomic E-state index is 12.3. The molecule has 0 spiro atoms. The summed E-state index contributed by atoms with van der Waals surface area (Å²) in [7, 11) is -10.5. The van der Waals surface area contributed by atoms with Crippen molar-refractivity contribution in [3.63, 3.8) is 0 Å². The number of hydrogen-bond acceptors (Lipinski definition) is 5. The Morgan fingerprint density at radius 2 is 1.29 bits per heavy atom. The van der Waals surface area contributed by atoms with E-state index in [2.05, 4.69) is 5.32 Å². The number of nitrogens with one attached hydrogen (secondary N) is 1. The first-order valence-electron chi connectivity index (χ1n) is 10.3. The van der Waals surface area contributed by atoms with E-state index in [9.17, 15) is 43.7 Å². The molecule has 7 N–H and O–H groups in total. The summed E-state index contributed by atoms with van der Waals surface area (Å²) in [4.78, 5) is 49.2. The number of carbonyl (C=O) groups excluding carboxylic acids is 1. The zero-order chi connectivity index (χ0) is 25.0. The molecule has 35 heavy (non-hydrogen) atoms. The van der Waals surface area contributed by atoms with Gasteiger partial charge in [0, 0.05) is 59.1 Å². The molecule has 2 radical (unpaired) electrons. The second-order valence-corrected chi connectivity index (χ2v) is 11.8. The van der Waals surface area contributed by atoms with E-state index < -0.39 is 32.9 Å². The Labute approximate surface area is 248 Å². The Morgan fingerprint density at radius 3 is 1.74 bits per heavy atom. The Kier molecular flexibility index (Phi) is 14.6. The van der Waals surface area contributed by atoms with Crippen LogP contribution in [0.2, 0.25) is 0 Å². The van der Waals surface area contributed by atoms with Crippen LogP contribution < -0.4 is 5.32 Å². The smallest absolute Gasteiger partial charge is 0.341 e. The minimum absolute atomic E-state index is 0.